The Morgan fingerprint density at radius 1 is 0.900 bits per heavy atom. The number of fused-ring (bicyclic) bond motifs is 1. The molecule has 1 heterocycles. The summed E-state index contributed by atoms with van der Waals surface area (Å²) in [6.45, 7) is 0. The van der Waals surface area contributed by atoms with E-state index in [1.54, 1.807) is 27.5 Å². The zero-order valence-electron chi connectivity index (χ0n) is 22.2. The fourth-order valence-electron chi connectivity index (χ4n) is 4.27. The lowest BCUT2D eigenvalue weighted by Gasteiger charge is -2.15. The molecule has 0 saturated heterocycles. The molecule has 10 heteroatoms. The Bertz CT molecular complexity index is 1640. The van der Waals surface area contributed by atoms with Crippen molar-refractivity contribution in [3.63, 3.8) is 0 Å². The number of nitrogens with one attached hydrogen (secondary N) is 1. The summed E-state index contributed by atoms with van der Waals surface area (Å²) in [7, 11) is 4.68. The van der Waals surface area contributed by atoms with Crippen molar-refractivity contribution in [3.8, 4) is 34.3 Å². The largest absolute Gasteiger partial charge is 0.493 e. The van der Waals surface area contributed by atoms with Crippen LogP contribution >= 0.6 is 11.8 Å². The first-order chi connectivity index (χ1) is 19.6. The molecule has 0 fully saturated rings. The van der Waals surface area contributed by atoms with Crippen molar-refractivity contribution < 1.29 is 19.0 Å². The van der Waals surface area contributed by atoms with Crippen LogP contribution in [0, 0.1) is 0 Å². The summed E-state index contributed by atoms with van der Waals surface area (Å²) in [6.07, 6.45) is 1.65. The number of rotatable bonds is 10. The van der Waals surface area contributed by atoms with Crippen molar-refractivity contribution in [2.24, 2.45) is 5.10 Å². The summed E-state index contributed by atoms with van der Waals surface area (Å²) in [4.78, 5) is 12.7. The fraction of sp³-hybridized carbons (Fsp3) is 0.133. The van der Waals surface area contributed by atoms with E-state index in [1.165, 1.54) is 11.8 Å². The normalized spacial score (nSPS) is 11.1. The van der Waals surface area contributed by atoms with E-state index in [4.69, 9.17) is 14.2 Å². The van der Waals surface area contributed by atoms with E-state index >= 15 is 0 Å². The average molecular weight is 554 g/mol. The quantitative estimate of drug-likeness (QED) is 0.141. The van der Waals surface area contributed by atoms with Crippen LogP contribution in [0.25, 0.3) is 27.8 Å². The molecule has 0 aliphatic carbocycles. The first-order valence-electron chi connectivity index (χ1n) is 12.4. The number of methoxy groups -OCH3 is 3. The molecule has 0 radical (unpaired) electrons. The summed E-state index contributed by atoms with van der Waals surface area (Å²) in [5.74, 6) is 1.86. The Kier molecular flexibility index (Phi) is 8.26. The Morgan fingerprint density at radius 3 is 2.33 bits per heavy atom. The average Bonchev–Trinajstić information content (AvgIpc) is 3.43. The number of hydrogen-bond acceptors (Lipinski definition) is 8. The van der Waals surface area contributed by atoms with E-state index in [2.05, 4.69) is 20.7 Å². The van der Waals surface area contributed by atoms with E-state index in [-0.39, 0.29) is 11.7 Å². The molecule has 0 unspecified atom stereocenters. The highest BCUT2D eigenvalue weighted by Gasteiger charge is 2.21. The van der Waals surface area contributed by atoms with Crippen LogP contribution in [0.5, 0.6) is 17.2 Å². The lowest BCUT2D eigenvalue weighted by Crippen LogP contribution is -2.20. The van der Waals surface area contributed by atoms with Crippen molar-refractivity contribution >= 4 is 34.7 Å². The second-order valence-electron chi connectivity index (χ2n) is 8.54. The van der Waals surface area contributed by atoms with Gasteiger partial charge in [-0.25, -0.2) is 5.43 Å². The molecule has 0 aliphatic rings. The minimum absolute atomic E-state index is 0.0904. The van der Waals surface area contributed by atoms with E-state index in [0.29, 0.717) is 33.8 Å². The zero-order chi connectivity index (χ0) is 27.9. The molecule has 5 rings (SSSR count). The molecule has 0 atom stereocenters. The number of nitrogens with zero attached hydrogens (tertiary/aromatic N) is 4. The Hall–Kier alpha value is -4.83. The summed E-state index contributed by atoms with van der Waals surface area (Å²) >= 11 is 1.26. The van der Waals surface area contributed by atoms with Gasteiger partial charge in [0.1, 0.15) is 0 Å². The van der Waals surface area contributed by atoms with Gasteiger partial charge in [-0.15, -0.1) is 10.2 Å². The standard InChI is InChI=1S/C30H27N5O4S/c1-37-25-16-22(17-26(38-2)28(25)39-3)29-33-34-30(35(29)23-13-5-4-6-14-23)40-19-27(36)32-31-18-21-12-9-11-20-10-7-8-15-24(20)21/h4-18H,19H2,1-3H3,(H,32,36)/b31-18-. The summed E-state index contributed by atoms with van der Waals surface area (Å²) in [6, 6.07) is 27.3. The van der Waals surface area contributed by atoms with Crippen LogP contribution in [0.4, 0.5) is 0 Å². The van der Waals surface area contributed by atoms with Crippen molar-refractivity contribution in [2.45, 2.75) is 5.16 Å². The monoisotopic (exact) mass is 553 g/mol. The van der Waals surface area contributed by atoms with Gasteiger partial charge in [0.2, 0.25) is 5.75 Å². The van der Waals surface area contributed by atoms with E-state index < -0.39 is 0 Å². The third kappa shape index (κ3) is 5.62. The van der Waals surface area contributed by atoms with Gasteiger partial charge in [-0.1, -0.05) is 72.4 Å². The molecule has 0 saturated carbocycles. The smallest absolute Gasteiger partial charge is 0.250 e. The van der Waals surface area contributed by atoms with Crippen molar-refractivity contribution in [3.05, 3.63) is 90.5 Å². The third-order valence-electron chi connectivity index (χ3n) is 6.12. The maximum atomic E-state index is 12.7. The van der Waals surface area contributed by atoms with Gasteiger partial charge in [-0.3, -0.25) is 9.36 Å². The van der Waals surface area contributed by atoms with Gasteiger partial charge in [0.25, 0.3) is 5.91 Å². The molecular weight excluding hydrogens is 526 g/mol. The molecule has 0 aliphatic heterocycles. The number of carbonyl (C=O) groups excluding carboxylic acids is 1. The molecular formula is C30H27N5O4S. The van der Waals surface area contributed by atoms with Crippen LogP contribution in [-0.2, 0) is 4.79 Å². The van der Waals surface area contributed by atoms with Crippen LogP contribution in [0.3, 0.4) is 0 Å². The van der Waals surface area contributed by atoms with Crippen LogP contribution in [-0.4, -0.2) is 54.0 Å². The molecule has 5 aromatic rings. The number of aromatic nitrogens is 3. The van der Waals surface area contributed by atoms with Gasteiger partial charge in [-0.05, 0) is 35.0 Å². The number of amides is 1. The maximum Gasteiger partial charge on any atom is 0.250 e. The van der Waals surface area contributed by atoms with Crippen LogP contribution in [0.1, 0.15) is 5.56 Å². The summed E-state index contributed by atoms with van der Waals surface area (Å²) in [5, 5.41) is 15.7. The number of hydrazone groups is 1. The molecule has 9 nitrogen and oxygen atoms in total. The van der Waals surface area contributed by atoms with Gasteiger partial charge in [-0.2, -0.15) is 5.10 Å². The second-order valence-corrected chi connectivity index (χ2v) is 9.48. The molecule has 1 amide bonds. The Morgan fingerprint density at radius 2 is 1.60 bits per heavy atom. The van der Waals surface area contributed by atoms with Gasteiger partial charge >= 0.3 is 0 Å². The van der Waals surface area contributed by atoms with E-state index in [9.17, 15) is 4.79 Å². The highest BCUT2D eigenvalue weighted by Crippen LogP contribution is 2.41. The predicted octanol–water partition coefficient (Wildman–Crippen LogP) is 5.36. The first kappa shape index (κ1) is 26.8. The predicted molar refractivity (Wildman–Crippen MR) is 157 cm³/mol. The second kappa shape index (κ2) is 12.4. The lowest BCUT2D eigenvalue weighted by atomic mass is 10.1. The number of carbonyl (C=O) groups is 1. The van der Waals surface area contributed by atoms with Gasteiger partial charge in [0, 0.05) is 16.8 Å². The van der Waals surface area contributed by atoms with Crippen molar-refractivity contribution in [1.82, 2.24) is 20.2 Å². The first-order valence-corrected chi connectivity index (χ1v) is 13.3. The SMILES string of the molecule is COc1cc(-c2nnc(SCC(=O)N/N=C\c3cccc4ccccc34)n2-c2ccccc2)cc(OC)c1OC. The maximum absolute atomic E-state index is 12.7. The van der Waals surface area contributed by atoms with Crippen LogP contribution in [0.15, 0.2) is 95.2 Å². The fourth-order valence-corrected chi connectivity index (χ4v) is 5.01. The molecule has 0 bridgehead atoms. The Balaban J connectivity index is 1.38. The molecule has 40 heavy (non-hydrogen) atoms. The topological polar surface area (TPSA) is 99.9 Å². The number of hydrogen-bond donors (Lipinski definition) is 1. The van der Waals surface area contributed by atoms with Gasteiger partial charge in [0.15, 0.2) is 22.5 Å². The van der Waals surface area contributed by atoms with E-state index in [0.717, 1.165) is 22.0 Å². The number of para-hydroxylation sites is 1. The summed E-state index contributed by atoms with van der Waals surface area (Å²) in [5.41, 5.74) is 5.08. The highest BCUT2D eigenvalue weighted by molar-refractivity contribution is 7.99. The molecule has 202 valence electrons. The lowest BCUT2D eigenvalue weighted by molar-refractivity contribution is -0.118. The number of benzene rings is 4. The van der Waals surface area contributed by atoms with Crippen LogP contribution < -0.4 is 19.6 Å². The molecule has 4 aromatic carbocycles. The number of thioether (sulfide) groups is 1. The van der Waals surface area contributed by atoms with Crippen molar-refractivity contribution in [2.75, 3.05) is 27.1 Å². The van der Waals surface area contributed by atoms with Gasteiger partial charge in [0.05, 0.1) is 33.3 Å². The third-order valence-corrected chi connectivity index (χ3v) is 7.05. The van der Waals surface area contributed by atoms with Gasteiger partial charge < -0.3 is 14.2 Å². The minimum atomic E-state index is -0.265. The molecule has 1 aromatic heterocycles. The molecule has 1 N–H and O–H groups in total. The highest BCUT2D eigenvalue weighted by atomic mass is 32.2. The van der Waals surface area contributed by atoms with E-state index in [1.807, 2.05) is 89.5 Å². The minimum Gasteiger partial charge on any atom is -0.493 e. The molecule has 0 spiro atoms. The van der Waals surface area contributed by atoms with Crippen molar-refractivity contribution in [1.29, 1.82) is 0 Å². The summed E-state index contributed by atoms with van der Waals surface area (Å²) < 4.78 is 18.4. The zero-order valence-corrected chi connectivity index (χ0v) is 23.0. The van der Waals surface area contributed by atoms with Crippen LogP contribution in [0.2, 0.25) is 0 Å². The number of ether oxygens (including phenoxy) is 3. The Labute approximate surface area is 235 Å².